The quantitative estimate of drug-likeness (QED) is 0.170. The van der Waals surface area contributed by atoms with E-state index < -0.39 is 8.07 Å². The molecule has 2 aliphatic rings. The van der Waals surface area contributed by atoms with Gasteiger partial charge >= 0.3 is 0 Å². The molecule has 0 bridgehead atoms. The number of aromatic nitrogens is 1. The van der Waals surface area contributed by atoms with Crippen molar-refractivity contribution in [3.8, 4) is 11.3 Å². The van der Waals surface area contributed by atoms with Gasteiger partial charge in [0.1, 0.15) is 14.2 Å². The highest BCUT2D eigenvalue weighted by Crippen LogP contribution is 2.67. The maximum Gasteiger partial charge on any atom is 0.225 e. The lowest BCUT2D eigenvalue weighted by atomic mass is 9.75. The number of methoxy groups -OCH3 is 1. The van der Waals surface area contributed by atoms with E-state index in [1.165, 1.54) is 55.0 Å². The average Bonchev–Trinajstić information content (AvgIpc) is 3.13. The number of aryl methyl sites for hydroxylation is 1. The zero-order valence-corrected chi connectivity index (χ0v) is 26.0. The number of fused-ring (bicyclic) bond motifs is 13. The summed E-state index contributed by atoms with van der Waals surface area (Å²) in [4.78, 5) is 0. The predicted molar refractivity (Wildman–Crippen MR) is 165 cm³/mol. The fourth-order valence-electron chi connectivity index (χ4n) is 7.92. The number of hydrogen-bond acceptors (Lipinski definition) is 2. The van der Waals surface area contributed by atoms with E-state index in [1.807, 2.05) is 7.11 Å². The van der Waals surface area contributed by atoms with Gasteiger partial charge in [-0.15, -0.1) is 0 Å². The van der Waals surface area contributed by atoms with Gasteiger partial charge in [-0.3, -0.25) is 0 Å². The number of ether oxygens (including phenoxy) is 1. The first-order valence-electron chi connectivity index (χ1n) is 14.3. The molecule has 200 valence electrons. The number of pyridine rings is 1. The largest absolute Gasteiger partial charge is 0.465 e. The summed E-state index contributed by atoms with van der Waals surface area (Å²) in [6.07, 6.45) is 0.0587. The second-order valence-electron chi connectivity index (χ2n) is 14.4. The third kappa shape index (κ3) is 2.89. The molecular formula is C35H40NO2Si+. The van der Waals surface area contributed by atoms with Crippen LogP contribution in [0.15, 0.2) is 59.0 Å². The molecule has 1 aliphatic carbocycles. The van der Waals surface area contributed by atoms with Gasteiger partial charge in [-0.25, -0.2) is 0 Å². The molecular weight excluding hydrogens is 494 g/mol. The van der Waals surface area contributed by atoms with E-state index in [0.717, 1.165) is 11.0 Å². The van der Waals surface area contributed by atoms with E-state index in [1.54, 1.807) is 0 Å². The molecule has 0 N–H and O–H groups in total. The third-order valence-electron chi connectivity index (χ3n) is 10.00. The van der Waals surface area contributed by atoms with Crippen LogP contribution in [0.3, 0.4) is 0 Å². The Balaban J connectivity index is 1.79. The number of nitrogens with zero attached hydrogens (tertiary/aromatic N) is 1. The standard InChI is InChI=1S/C35H40NO2Si/c1-20-14-13-17-26-28(20)31-24(19-27(38-31)39(8,9)10)30-23-18-25(33(2,3)4)21-15-11-12-16-22(21)29(23)34(5)32(37-7)35(34,6)36(26)30/h11-19,32H,1-10H3/q+1. The zero-order chi connectivity index (χ0) is 27.9. The Labute approximate surface area is 232 Å². The van der Waals surface area contributed by atoms with Crippen molar-refractivity contribution in [1.82, 2.24) is 0 Å². The van der Waals surface area contributed by atoms with Gasteiger partial charge < -0.3 is 9.15 Å². The van der Waals surface area contributed by atoms with Crippen molar-refractivity contribution < 1.29 is 13.7 Å². The van der Waals surface area contributed by atoms with Crippen LogP contribution in [0, 0.1) is 6.92 Å². The molecule has 2 aromatic heterocycles. The first-order valence-corrected chi connectivity index (χ1v) is 17.8. The van der Waals surface area contributed by atoms with Crippen LogP contribution >= 0.6 is 0 Å². The van der Waals surface area contributed by atoms with E-state index in [0.29, 0.717) is 0 Å². The average molecular weight is 535 g/mol. The van der Waals surface area contributed by atoms with Crippen LogP contribution in [0.1, 0.15) is 51.3 Å². The topological polar surface area (TPSA) is 26.2 Å². The van der Waals surface area contributed by atoms with Gasteiger partial charge in [0.15, 0.2) is 5.58 Å². The number of furan rings is 1. The van der Waals surface area contributed by atoms with Crippen LogP contribution < -0.4 is 9.95 Å². The molecule has 1 saturated carbocycles. The van der Waals surface area contributed by atoms with Crippen LogP contribution in [0.4, 0.5) is 0 Å². The lowest BCUT2D eigenvalue weighted by Crippen LogP contribution is -2.54. The van der Waals surface area contributed by atoms with E-state index in [-0.39, 0.29) is 22.5 Å². The second-order valence-corrected chi connectivity index (χ2v) is 19.4. The summed E-state index contributed by atoms with van der Waals surface area (Å²) < 4.78 is 15.9. The highest BCUT2D eigenvalue weighted by Gasteiger charge is 2.84. The van der Waals surface area contributed by atoms with Crippen LogP contribution in [-0.4, -0.2) is 21.3 Å². The number of benzene rings is 3. The minimum atomic E-state index is -1.70. The van der Waals surface area contributed by atoms with Crippen LogP contribution in [-0.2, 0) is 21.1 Å². The molecule has 39 heavy (non-hydrogen) atoms. The molecule has 3 unspecified atom stereocenters. The Kier molecular flexibility index (Phi) is 4.76. The van der Waals surface area contributed by atoms with Gasteiger partial charge in [-0.05, 0) is 58.9 Å². The van der Waals surface area contributed by atoms with Crippen molar-refractivity contribution in [3.05, 3.63) is 71.3 Å². The van der Waals surface area contributed by atoms with Crippen LogP contribution in [0.25, 0.3) is 43.9 Å². The summed E-state index contributed by atoms with van der Waals surface area (Å²) in [5, 5.41) is 6.32. The summed E-state index contributed by atoms with van der Waals surface area (Å²) in [7, 11) is 0.184. The maximum absolute atomic E-state index is 6.87. The van der Waals surface area contributed by atoms with Gasteiger partial charge in [-0.2, -0.15) is 4.57 Å². The van der Waals surface area contributed by atoms with E-state index in [9.17, 15) is 0 Å². The molecule has 3 heterocycles. The van der Waals surface area contributed by atoms with Gasteiger partial charge in [-0.1, -0.05) is 76.8 Å². The molecule has 5 aromatic rings. The zero-order valence-electron chi connectivity index (χ0n) is 25.0. The van der Waals surface area contributed by atoms with Gasteiger partial charge in [0, 0.05) is 20.1 Å². The van der Waals surface area contributed by atoms with Crippen molar-refractivity contribution in [2.75, 3.05) is 7.11 Å². The highest BCUT2D eigenvalue weighted by atomic mass is 28.3. The van der Waals surface area contributed by atoms with Crippen molar-refractivity contribution in [2.24, 2.45) is 0 Å². The molecule has 1 aliphatic heterocycles. The van der Waals surface area contributed by atoms with Gasteiger partial charge in [0.2, 0.25) is 16.7 Å². The maximum atomic E-state index is 6.87. The lowest BCUT2D eigenvalue weighted by Gasteiger charge is -2.30. The van der Waals surface area contributed by atoms with Crippen molar-refractivity contribution in [2.45, 2.75) is 83.7 Å². The molecule has 7 rings (SSSR count). The van der Waals surface area contributed by atoms with Gasteiger partial charge in [0.25, 0.3) is 0 Å². The predicted octanol–water partition coefficient (Wildman–Crippen LogP) is 7.86. The summed E-state index contributed by atoms with van der Waals surface area (Å²) >= 11 is 0. The van der Waals surface area contributed by atoms with E-state index in [4.69, 9.17) is 9.15 Å². The molecule has 3 atom stereocenters. The Bertz CT molecular complexity index is 1870. The molecule has 0 amide bonds. The SMILES string of the molecule is COC1C2(C)c3c(cc(C(C)(C)C)c4ccccc34)-c3c4cc([Si](C)(C)C)oc4c4c(C)cccc4[n+]3C12C. The molecule has 0 spiro atoms. The Morgan fingerprint density at radius 1 is 0.923 bits per heavy atom. The van der Waals surface area contributed by atoms with Crippen LogP contribution in [0.5, 0.6) is 0 Å². The van der Waals surface area contributed by atoms with Crippen molar-refractivity contribution in [1.29, 1.82) is 0 Å². The monoisotopic (exact) mass is 534 g/mol. The molecule has 1 fully saturated rings. The number of hydrogen-bond donors (Lipinski definition) is 0. The normalized spacial score (nSPS) is 24.2. The summed E-state index contributed by atoms with van der Waals surface area (Å²) in [6, 6.07) is 20.6. The highest BCUT2D eigenvalue weighted by molar-refractivity contribution is 6.88. The second kappa shape index (κ2) is 7.41. The first kappa shape index (κ1) is 25.0. The Morgan fingerprint density at radius 2 is 1.62 bits per heavy atom. The molecule has 4 heteroatoms. The number of rotatable bonds is 2. The first-order chi connectivity index (χ1) is 18.3. The molecule has 3 nitrogen and oxygen atoms in total. The Hall–Kier alpha value is -2.95. The third-order valence-corrected chi connectivity index (χ3v) is 11.7. The van der Waals surface area contributed by atoms with Gasteiger partial charge in [0.05, 0.1) is 27.1 Å². The molecule has 0 radical (unpaired) electrons. The fraction of sp³-hybridized carbons (Fsp3) is 0.400. The minimum Gasteiger partial charge on any atom is -0.465 e. The van der Waals surface area contributed by atoms with Crippen LogP contribution in [0.2, 0.25) is 19.6 Å². The van der Waals surface area contributed by atoms with E-state index >= 15 is 0 Å². The molecule has 0 saturated heterocycles. The fourth-order valence-corrected chi connectivity index (χ4v) is 8.91. The van der Waals surface area contributed by atoms with Crippen molar-refractivity contribution in [3.63, 3.8) is 0 Å². The smallest absolute Gasteiger partial charge is 0.225 e. The summed E-state index contributed by atoms with van der Waals surface area (Å²) in [5.41, 5.74) is 8.54. The Morgan fingerprint density at radius 3 is 2.26 bits per heavy atom. The summed E-state index contributed by atoms with van der Waals surface area (Å²) in [6.45, 7) is 21.2. The van der Waals surface area contributed by atoms with Crippen molar-refractivity contribution >= 4 is 46.1 Å². The van der Waals surface area contributed by atoms with E-state index in [2.05, 4.69) is 120 Å². The summed E-state index contributed by atoms with van der Waals surface area (Å²) in [5.74, 6) is 0. The lowest BCUT2D eigenvalue weighted by molar-refractivity contribution is -0.709. The molecule has 3 aromatic carbocycles. The minimum absolute atomic E-state index is 0.00222.